The van der Waals surface area contributed by atoms with Crippen LogP contribution in [0.25, 0.3) is 0 Å². The maximum atomic E-state index is 11.4. The Bertz CT molecular complexity index is 271. The van der Waals surface area contributed by atoms with Crippen LogP contribution in [0.3, 0.4) is 0 Å². The largest absolute Gasteiger partial charge is 0.459 e. The van der Waals surface area contributed by atoms with Crippen LogP contribution in [0.15, 0.2) is 12.7 Å². The van der Waals surface area contributed by atoms with Gasteiger partial charge in [0.1, 0.15) is 6.10 Å². The van der Waals surface area contributed by atoms with E-state index in [9.17, 15) is 4.79 Å². The van der Waals surface area contributed by atoms with Crippen molar-refractivity contribution in [3.8, 4) is 0 Å². The van der Waals surface area contributed by atoms with Gasteiger partial charge >= 0.3 is 15.3 Å². The van der Waals surface area contributed by atoms with Gasteiger partial charge in [-0.1, -0.05) is 39.7 Å². The van der Waals surface area contributed by atoms with Gasteiger partial charge in [0, 0.05) is 19.8 Å². The molecular formula is C16H32O4Si. The van der Waals surface area contributed by atoms with E-state index in [2.05, 4.69) is 20.4 Å². The van der Waals surface area contributed by atoms with E-state index < -0.39 is 9.28 Å². The summed E-state index contributed by atoms with van der Waals surface area (Å²) in [7, 11) is 0.0998. The summed E-state index contributed by atoms with van der Waals surface area (Å²) >= 11 is 0. The first kappa shape index (κ1) is 20.3. The quantitative estimate of drug-likeness (QED) is 0.212. The Hall–Kier alpha value is -0.653. The molecule has 0 fully saturated rings. The van der Waals surface area contributed by atoms with Gasteiger partial charge in [-0.25, -0.2) is 4.79 Å². The molecule has 0 aliphatic rings. The van der Waals surface area contributed by atoms with Crippen molar-refractivity contribution in [3.05, 3.63) is 12.7 Å². The van der Waals surface area contributed by atoms with Crippen molar-refractivity contribution < 1.29 is 18.4 Å². The topological polar surface area (TPSA) is 44.8 Å². The van der Waals surface area contributed by atoms with Gasteiger partial charge in [-0.15, -0.1) is 0 Å². The van der Waals surface area contributed by atoms with Crippen LogP contribution in [0.4, 0.5) is 0 Å². The summed E-state index contributed by atoms with van der Waals surface area (Å²) in [6.45, 7) is 8.54. The summed E-state index contributed by atoms with van der Waals surface area (Å²) in [5.41, 5.74) is 0. The molecule has 2 unspecified atom stereocenters. The third-order valence-corrected chi connectivity index (χ3v) is 5.31. The number of carbonyl (C=O) groups is 1. The number of rotatable bonds is 14. The van der Waals surface area contributed by atoms with Crippen molar-refractivity contribution >= 4 is 15.3 Å². The first-order valence-electron chi connectivity index (χ1n) is 8.15. The second kappa shape index (κ2) is 14.3. The Labute approximate surface area is 131 Å². The Morgan fingerprint density at radius 1 is 1.19 bits per heavy atom. The van der Waals surface area contributed by atoms with Gasteiger partial charge < -0.3 is 13.6 Å². The zero-order valence-corrected chi connectivity index (χ0v) is 15.1. The number of carbonyl (C=O) groups excluding carboxylic acids is 1. The molecule has 0 aromatic rings. The minimum atomic E-state index is -1.61. The molecular weight excluding hydrogens is 284 g/mol. The highest BCUT2D eigenvalue weighted by atomic mass is 28.3. The van der Waals surface area contributed by atoms with Gasteiger partial charge in [-0.3, -0.25) is 0 Å². The van der Waals surface area contributed by atoms with Crippen molar-refractivity contribution in [1.29, 1.82) is 0 Å². The minimum absolute atomic E-state index is 0.0398. The number of ether oxygens (including phenoxy) is 1. The smallest absolute Gasteiger partial charge is 0.330 e. The van der Waals surface area contributed by atoms with Crippen LogP contribution in [0, 0.1) is 0 Å². The lowest BCUT2D eigenvalue weighted by molar-refractivity contribution is -0.143. The summed E-state index contributed by atoms with van der Waals surface area (Å²) in [5.74, 6) is -0.334. The zero-order valence-electron chi connectivity index (χ0n) is 13.9. The maximum Gasteiger partial charge on any atom is 0.330 e. The lowest BCUT2D eigenvalue weighted by Crippen LogP contribution is -2.25. The monoisotopic (exact) mass is 316 g/mol. The standard InChI is InChI=1S/C16H32O4Si/c1-5-8-10-11-15(20-16(17)7-3)12-14-21(18-4)19-13-9-6-2/h7,15,21H,3,5-6,8-14H2,1-2,4H3. The molecule has 0 aromatic heterocycles. The fourth-order valence-corrected chi connectivity index (χ4v) is 3.66. The van der Waals surface area contributed by atoms with Crippen molar-refractivity contribution in [2.24, 2.45) is 0 Å². The van der Waals surface area contributed by atoms with Crippen LogP contribution in [0.2, 0.25) is 6.04 Å². The Balaban J connectivity index is 4.15. The van der Waals surface area contributed by atoms with Crippen LogP contribution in [-0.2, 0) is 18.4 Å². The highest BCUT2D eigenvalue weighted by Gasteiger charge is 2.18. The number of hydrogen-bond donors (Lipinski definition) is 0. The van der Waals surface area contributed by atoms with Crippen molar-refractivity contribution in [1.82, 2.24) is 0 Å². The first-order chi connectivity index (χ1) is 10.2. The molecule has 4 nitrogen and oxygen atoms in total. The van der Waals surface area contributed by atoms with E-state index in [0.717, 1.165) is 51.2 Å². The fraction of sp³-hybridized carbons (Fsp3) is 0.812. The zero-order chi connectivity index (χ0) is 15.9. The molecule has 0 saturated heterocycles. The third kappa shape index (κ3) is 11.7. The predicted molar refractivity (Wildman–Crippen MR) is 88.7 cm³/mol. The summed E-state index contributed by atoms with van der Waals surface area (Å²) < 4.78 is 16.7. The molecule has 0 amide bonds. The third-order valence-electron chi connectivity index (χ3n) is 3.37. The molecule has 0 N–H and O–H groups in total. The van der Waals surface area contributed by atoms with Crippen LogP contribution in [0.5, 0.6) is 0 Å². The molecule has 0 aliphatic heterocycles. The summed E-state index contributed by atoms with van der Waals surface area (Å²) in [5, 5.41) is 0. The molecule has 2 atom stereocenters. The van der Waals surface area contributed by atoms with Gasteiger partial charge in [0.2, 0.25) is 0 Å². The van der Waals surface area contributed by atoms with Gasteiger partial charge in [-0.2, -0.15) is 0 Å². The Kier molecular flexibility index (Phi) is 13.8. The van der Waals surface area contributed by atoms with Crippen molar-refractivity contribution in [3.63, 3.8) is 0 Å². The van der Waals surface area contributed by atoms with Crippen LogP contribution in [-0.4, -0.2) is 35.1 Å². The highest BCUT2D eigenvalue weighted by Crippen LogP contribution is 2.15. The molecule has 0 saturated carbocycles. The Morgan fingerprint density at radius 2 is 1.90 bits per heavy atom. The van der Waals surface area contributed by atoms with Gasteiger partial charge in [0.25, 0.3) is 0 Å². The molecule has 0 rings (SSSR count). The fourth-order valence-electron chi connectivity index (χ4n) is 2.05. The summed E-state index contributed by atoms with van der Waals surface area (Å²) in [4.78, 5) is 11.4. The maximum absolute atomic E-state index is 11.4. The molecule has 0 radical (unpaired) electrons. The second-order valence-electron chi connectivity index (χ2n) is 5.23. The highest BCUT2D eigenvalue weighted by molar-refractivity contribution is 6.44. The van der Waals surface area contributed by atoms with Gasteiger partial charge in [0.15, 0.2) is 0 Å². The normalized spacial score (nSPS) is 13.7. The van der Waals surface area contributed by atoms with Crippen molar-refractivity contribution in [2.45, 2.75) is 70.9 Å². The lowest BCUT2D eigenvalue weighted by atomic mass is 10.1. The molecule has 0 spiro atoms. The van der Waals surface area contributed by atoms with E-state index in [4.69, 9.17) is 13.6 Å². The predicted octanol–water partition coefficient (Wildman–Crippen LogP) is 3.74. The van der Waals surface area contributed by atoms with E-state index in [1.807, 2.05) is 0 Å². The van der Waals surface area contributed by atoms with Crippen molar-refractivity contribution in [2.75, 3.05) is 13.7 Å². The summed E-state index contributed by atoms with van der Waals surface area (Å²) in [6.07, 6.45) is 8.53. The molecule has 0 aromatic carbocycles. The molecule has 5 heteroatoms. The molecule has 0 heterocycles. The van der Waals surface area contributed by atoms with Crippen LogP contribution < -0.4 is 0 Å². The minimum Gasteiger partial charge on any atom is -0.459 e. The van der Waals surface area contributed by atoms with E-state index in [0.29, 0.717) is 0 Å². The first-order valence-corrected chi connectivity index (χ1v) is 9.91. The van der Waals surface area contributed by atoms with E-state index in [-0.39, 0.29) is 12.1 Å². The number of unbranched alkanes of at least 4 members (excludes halogenated alkanes) is 3. The second-order valence-corrected chi connectivity index (χ2v) is 7.47. The number of hydrogen-bond acceptors (Lipinski definition) is 4. The molecule has 0 aliphatic carbocycles. The average Bonchev–Trinajstić information content (AvgIpc) is 2.50. The van der Waals surface area contributed by atoms with Gasteiger partial charge in [-0.05, 0) is 31.7 Å². The van der Waals surface area contributed by atoms with E-state index in [1.165, 1.54) is 12.5 Å². The molecule has 0 bridgehead atoms. The van der Waals surface area contributed by atoms with Crippen LogP contribution >= 0.6 is 0 Å². The SMILES string of the molecule is C=CC(=O)OC(CCCCC)CC[SiH](OC)OCCCC. The van der Waals surface area contributed by atoms with Gasteiger partial charge in [0.05, 0.1) is 0 Å². The lowest BCUT2D eigenvalue weighted by Gasteiger charge is -2.20. The molecule has 21 heavy (non-hydrogen) atoms. The Morgan fingerprint density at radius 3 is 2.48 bits per heavy atom. The number of esters is 1. The average molecular weight is 317 g/mol. The summed E-state index contributed by atoms with van der Waals surface area (Å²) in [6, 6.07) is 0.876. The van der Waals surface area contributed by atoms with E-state index in [1.54, 1.807) is 7.11 Å². The van der Waals surface area contributed by atoms with Crippen LogP contribution in [0.1, 0.15) is 58.8 Å². The molecule has 124 valence electrons. The van der Waals surface area contributed by atoms with E-state index >= 15 is 0 Å².